The molecule has 1 aliphatic carbocycles. The molecule has 1 atom stereocenters. The van der Waals surface area contributed by atoms with E-state index in [0.717, 1.165) is 31.2 Å². The number of nitrogens with zero attached hydrogens (tertiary/aromatic N) is 5. The number of carbonyl (C=O) groups excluding carboxylic acids is 2. The zero-order valence-corrected chi connectivity index (χ0v) is 21.5. The summed E-state index contributed by atoms with van der Waals surface area (Å²) >= 11 is 0. The molecule has 0 radical (unpaired) electrons. The minimum Gasteiger partial charge on any atom is -0.349 e. The third-order valence-electron chi connectivity index (χ3n) is 7.21. The molecule has 8 nitrogen and oxygen atoms in total. The van der Waals surface area contributed by atoms with Crippen LogP contribution in [-0.2, 0) is 29.0 Å². The molecule has 0 spiro atoms. The fourth-order valence-electron chi connectivity index (χ4n) is 4.84. The molecule has 0 saturated heterocycles. The van der Waals surface area contributed by atoms with E-state index in [9.17, 15) is 9.59 Å². The number of hydrogen-bond acceptors (Lipinski definition) is 5. The first-order valence-corrected chi connectivity index (χ1v) is 12.8. The van der Waals surface area contributed by atoms with Gasteiger partial charge in [-0.15, -0.1) is 5.10 Å². The van der Waals surface area contributed by atoms with Crippen LogP contribution in [0.4, 0.5) is 5.69 Å². The maximum atomic E-state index is 14.2. The lowest BCUT2D eigenvalue weighted by Gasteiger charge is -2.34. The van der Waals surface area contributed by atoms with Crippen molar-refractivity contribution < 1.29 is 9.59 Å². The van der Waals surface area contributed by atoms with Crippen molar-refractivity contribution in [1.29, 1.82) is 0 Å². The van der Waals surface area contributed by atoms with Crippen LogP contribution in [0.2, 0.25) is 0 Å². The van der Waals surface area contributed by atoms with Crippen LogP contribution in [0.1, 0.15) is 56.3 Å². The monoisotopic (exact) mass is 496 g/mol. The number of anilines is 1. The second kappa shape index (κ2) is 10.1. The summed E-state index contributed by atoms with van der Waals surface area (Å²) in [5.74, 6) is -0.491. The minimum atomic E-state index is -0.879. The number of carbonyl (C=O) groups is 2. The summed E-state index contributed by atoms with van der Waals surface area (Å²) < 4.78 is 1.59. The van der Waals surface area contributed by atoms with E-state index >= 15 is 0 Å². The summed E-state index contributed by atoms with van der Waals surface area (Å²) in [5, 5.41) is 11.6. The predicted octanol–water partition coefficient (Wildman–Crippen LogP) is 4.39. The summed E-state index contributed by atoms with van der Waals surface area (Å²) in [6.07, 6.45) is 7.14. The van der Waals surface area contributed by atoms with E-state index < -0.39 is 11.6 Å². The number of rotatable bonds is 8. The Morgan fingerprint density at radius 2 is 1.81 bits per heavy atom. The molecule has 2 aromatic carbocycles. The van der Waals surface area contributed by atoms with E-state index in [1.54, 1.807) is 34.1 Å². The van der Waals surface area contributed by atoms with Crippen LogP contribution in [0.25, 0.3) is 11.0 Å². The molecular formula is C29H32N6O2. The first-order valence-electron chi connectivity index (χ1n) is 12.8. The average molecular weight is 497 g/mol. The van der Waals surface area contributed by atoms with Crippen molar-refractivity contribution in [3.8, 4) is 0 Å². The highest BCUT2D eigenvalue weighted by Crippen LogP contribution is 2.33. The Kier molecular flexibility index (Phi) is 6.74. The van der Waals surface area contributed by atoms with E-state index in [-0.39, 0.29) is 18.4 Å². The number of benzene rings is 2. The van der Waals surface area contributed by atoms with Crippen molar-refractivity contribution in [3.05, 3.63) is 83.7 Å². The smallest absolute Gasteiger partial charge is 0.249 e. The maximum absolute atomic E-state index is 14.2. The summed E-state index contributed by atoms with van der Waals surface area (Å²) in [4.78, 5) is 33.8. The molecule has 5 rings (SSSR count). The molecule has 2 aromatic heterocycles. The molecular weight excluding hydrogens is 464 g/mol. The molecule has 8 heteroatoms. The van der Waals surface area contributed by atoms with Gasteiger partial charge in [-0.2, -0.15) is 0 Å². The third-order valence-corrected chi connectivity index (χ3v) is 7.21. The van der Waals surface area contributed by atoms with Gasteiger partial charge in [-0.3, -0.25) is 19.5 Å². The molecule has 0 fully saturated rings. The molecule has 4 aromatic rings. The second-order valence-corrected chi connectivity index (χ2v) is 10.2. The Labute approximate surface area is 216 Å². The maximum Gasteiger partial charge on any atom is 0.249 e. The van der Waals surface area contributed by atoms with Crippen LogP contribution in [0.5, 0.6) is 0 Å². The van der Waals surface area contributed by atoms with Crippen molar-refractivity contribution in [3.63, 3.8) is 0 Å². The molecule has 190 valence electrons. The van der Waals surface area contributed by atoms with Crippen LogP contribution in [-0.4, -0.2) is 37.3 Å². The molecule has 0 aliphatic heterocycles. The molecule has 37 heavy (non-hydrogen) atoms. The van der Waals surface area contributed by atoms with Crippen LogP contribution < -0.4 is 10.2 Å². The van der Waals surface area contributed by atoms with E-state index in [1.165, 1.54) is 11.1 Å². The molecule has 2 heterocycles. The fourth-order valence-corrected chi connectivity index (χ4v) is 4.84. The molecule has 0 bridgehead atoms. The molecule has 2 amide bonds. The molecule has 0 saturated carbocycles. The molecule has 0 unspecified atom stereocenters. The Morgan fingerprint density at radius 3 is 2.59 bits per heavy atom. The lowest BCUT2D eigenvalue weighted by Crippen LogP contribution is -2.51. The topological polar surface area (TPSA) is 93.0 Å². The second-order valence-electron chi connectivity index (χ2n) is 10.2. The average Bonchev–Trinajstić information content (AvgIpc) is 3.54. The summed E-state index contributed by atoms with van der Waals surface area (Å²) in [6, 6.07) is 16.3. The summed E-state index contributed by atoms with van der Waals surface area (Å²) in [5.41, 5.74) is 4.96. The van der Waals surface area contributed by atoms with E-state index in [4.69, 9.17) is 0 Å². The predicted molar refractivity (Wildman–Crippen MR) is 143 cm³/mol. The third kappa shape index (κ3) is 5.09. The van der Waals surface area contributed by atoms with Gasteiger partial charge >= 0.3 is 0 Å². The van der Waals surface area contributed by atoms with Crippen LogP contribution in [0.3, 0.4) is 0 Å². The SMILES string of the molecule is CCC(C)(C)NC(=O)[C@@H](c1ccncc1)N(C(=O)Cn1nnc2ccccc21)c1ccc2c(c1)CCC2. The Morgan fingerprint density at radius 1 is 1.05 bits per heavy atom. The Balaban J connectivity index is 1.60. The summed E-state index contributed by atoms with van der Waals surface area (Å²) in [6.45, 7) is 5.94. The summed E-state index contributed by atoms with van der Waals surface area (Å²) in [7, 11) is 0. The van der Waals surface area contributed by atoms with E-state index in [2.05, 4.69) is 32.7 Å². The van der Waals surface area contributed by atoms with Gasteiger partial charge in [0.2, 0.25) is 11.8 Å². The zero-order valence-electron chi connectivity index (χ0n) is 21.5. The lowest BCUT2D eigenvalue weighted by atomic mass is 9.98. The molecule has 1 N–H and O–H groups in total. The van der Waals surface area contributed by atoms with Gasteiger partial charge in [0.05, 0.1) is 5.52 Å². The van der Waals surface area contributed by atoms with Crippen LogP contribution in [0.15, 0.2) is 67.0 Å². The van der Waals surface area contributed by atoms with Crippen molar-refractivity contribution in [2.45, 2.75) is 64.6 Å². The Hall–Kier alpha value is -4.07. The zero-order chi connectivity index (χ0) is 26.0. The highest BCUT2D eigenvalue weighted by molar-refractivity contribution is 6.01. The first-order chi connectivity index (χ1) is 17.9. The number of hydrogen-bond donors (Lipinski definition) is 1. The van der Waals surface area contributed by atoms with Gasteiger partial charge < -0.3 is 5.32 Å². The lowest BCUT2D eigenvalue weighted by molar-refractivity contribution is -0.128. The van der Waals surface area contributed by atoms with Crippen molar-refractivity contribution >= 4 is 28.5 Å². The highest BCUT2D eigenvalue weighted by Gasteiger charge is 2.35. The van der Waals surface area contributed by atoms with E-state index in [1.807, 2.05) is 51.1 Å². The highest BCUT2D eigenvalue weighted by atomic mass is 16.2. The fraction of sp³-hybridized carbons (Fsp3) is 0.345. The van der Waals surface area contributed by atoms with E-state index in [0.29, 0.717) is 16.8 Å². The largest absolute Gasteiger partial charge is 0.349 e. The number of amides is 2. The van der Waals surface area contributed by atoms with Crippen molar-refractivity contribution in [1.82, 2.24) is 25.3 Å². The number of pyridine rings is 1. The number of aromatic nitrogens is 4. The number of nitrogens with one attached hydrogen (secondary N) is 1. The first kappa shape index (κ1) is 24.6. The van der Waals surface area contributed by atoms with Crippen molar-refractivity contribution in [2.24, 2.45) is 0 Å². The van der Waals surface area contributed by atoms with Gasteiger partial charge in [-0.05, 0) is 92.6 Å². The number of para-hydroxylation sites is 1. The number of fused-ring (bicyclic) bond motifs is 2. The number of aryl methyl sites for hydroxylation is 2. The molecule has 1 aliphatic rings. The minimum absolute atomic E-state index is 0.0520. The van der Waals surface area contributed by atoms with Crippen molar-refractivity contribution in [2.75, 3.05) is 4.90 Å². The van der Waals surface area contributed by atoms with Crippen LogP contribution in [0, 0.1) is 0 Å². The Bertz CT molecular complexity index is 1430. The quantitative estimate of drug-likeness (QED) is 0.390. The van der Waals surface area contributed by atoms with Gasteiger partial charge in [0.15, 0.2) is 0 Å². The standard InChI is InChI=1S/C29H32N6O2/c1-4-29(2,3)31-28(37)27(21-14-16-30-17-15-21)35(23-13-12-20-8-7-9-22(20)18-23)26(36)19-34-25-11-6-5-10-24(25)32-33-34/h5-6,10-18,27H,4,7-9,19H2,1-3H3,(H,31,37)/t27-/m1/s1. The normalized spacial score (nSPS) is 13.8. The van der Waals surface area contributed by atoms with Crippen LogP contribution >= 0.6 is 0 Å². The van der Waals surface area contributed by atoms with Gasteiger partial charge in [0.1, 0.15) is 18.1 Å². The van der Waals surface area contributed by atoms with Gasteiger partial charge in [-0.25, -0.2) is 4.68 Å². The van der Waals surface area contributed by atoms with Gasteiger partial charge in [-0.1, -0.05) is 30.3 Å². The van der Waals surface area contributed by atoms with Gasteiger partial charge in [0.25, 0.3) is 0 Å². The van der Waals surface area contributed by atoms with Gasteiger partial charge in [0, 0.05) is 23.6 Å².